The second-order valence-corrected chi connectivity index (χ2v) is 6.63. The van der Waals surface area contributed by atoms with E-state index in [4.69, 9.17) is 0 Å². The quantitative estimate of drug-likeness (QED) is 0.853. The smallest absolute Gasteiger partial charge is 0.132 e. The number of aromatic nitrogens is 2. The Kier molecular flexibility index (Phi) is 3.45. The molecule has 0 amide bonds. The molecule has 1 aromatic rings. The molecule has 0 spiro atoms. The molecule has 0 aromatic carbocycles. The van der Waals surface area contributed by atoms with E-state index in [2.05, 4.69) is 55.2 Å². The lowest BCUT2D eigenvalue weighted by Gasteiger charge is -2.11. The summed E-state index contributed by atoms with van der Waals surface area (Å²) in [5, 5.41) is 6.88. The van der Waals surface area contributed by atoms with Crippen molar-refractivity contribution in [1.29, 1.82) is 0 Å². The largest absolute Gasteiger partial charge is 0.370 e. The minimum absolute atomic E-state index is 0.308. The molecule has 106 valence electrons. The average Bonchev–Trinajstić information content (AvgIpc) is 2.68. The van der Waals surface area contributed by atoms with Gasteiger partial charge < -0.3 is 10.6 Å². The average molecular weight is 262 g/mol. The Labute approximate surface area is 116 Å². The van der Waals surface area contributed by atoms with Gasteiger partial charge in [-0.05, 0) is 24.2 Å². The Morgan fingerprint density at radius 3 is 2.21 bits per heavy atom. The van der Waals surface area contributed by atoms with Crippen molar-refractivity contribution in [2.45, 2.75) is 54.0 Å². The topological polar surface area (TPSA) is 49.8 Å². The van der Waals surface area contributed by atoms with Gasteiger partial charge in [-0.25, -0.2) is 9.97 Å². The number of anilines is 2. The Hall–Kier alpha value is -1.32. The zero-order valence-corrected chi connectivity index (χ0v) is 13.0. The van der Waals surface area contributed by atoms with Crippen molar-refractivity contribution >= 4 is 11.6 Å². The van der Waals surface area contributed by atoms with Crippen LogP contribution in [0, 0.1) is 17.8 Å². The van der Waals surface area contributed by atoms with Gasteiger partial charge in [-0.2, -0.15) is 0 Å². The van der Waals surface area contributed by atoms with Crippen LogP contribution in [0.15, 0.2) is 6.07 Å². The molecule has 1 saturated carbocycles. The van der Waals surface area contributed by atoms with E-state index in [1.165, 1.54) is 0 Å². The molecule has 0 bridgehead atoms. The zero-order chi connectivity index (χ0) is 14.3. The molecule has 4 nitrogen and oxygen atoms in total. The van der Waals surface area contributed by atoms with Crippen LogP contribution in [0.1, 0.15) is 46.9 Å². The summed E-state index contributed by atoms with van der Waals surface area (Å²) in [5.74, 6) is 2.64. The molecule has 1 heterocycles. The normalized spacial score (nSPS) is 20.1. The molecule has 0 saturated heterocycles. The van der Waals surface area contributed by atoms with Crippen LogP contribution in [-0.2, 0) is 0 Å². The predicted molar refractivity (Wildman–Crippen MR) is 80.5 cm³/mol. The maximum absolute atomic E-state index is 4.49. The summed E-state index contributed by atoms with van der Waals surface area (Å²) in [4.78, 5) is 8.90. The third-order valence-corrected chi connectivity index (χ3v) is 4.71. The van der Waals surface area contributed by atoms with E-state index >= 15 is 0 Å². The molecule has 4 heteroatoms. The fourth-order valence-corrected chi connectivity index (χ4v) is 2.69. The van der Waals surface area contributed by atoms with Crippen LogP contribution >= 0.6 is 0 Å². The van der Waals surface area contributed by atoms with Crippen molar-refractivity contribution in [3.05, 3.63) is 11.9 Å². The first kappa shape index (κ1) is 14.1. The highest BCUT2D eigenvalue weighted by Crippen LogP contribution is 2.63. The highest BCUT2D eigenvalue weighted by molar-refractivity contribution is 5.50. The molecule has 0 atom stereocenters. The minimum atomic E-state index is 0.308. The van der Waals surface area contributed by atoms with Gasteiger partial charge in [0.15, 0.2) is 0 Å². The van der Waals surface area contributed by atoms with Crippen LogP contribution in [0.2, 0.25) is 0 Å². The molecular formula is C15H26N4. The summed E-state index contributed by atoms with van der Waals surface area (Å²) in [6.07, 6.45) is 1.09. The number of aryl methyl sites for hydroxylation is 1. The maximum Gasteiger partial charge on any atom is 0.132 e. The summed E-state index contributed by atoms with van der Waals surface area (Å²) in [7, 11) is 0. The summed E-state index contributed by atoms with van der Waals surface area (Å²) in [5.41, 5.74) is 0.617. The lowest BCUT2D eigenvalue weighted by atomic mass is 10.0. The molecule has 1 aromatic heterocycles. The van der Waals surface area contributed by atoms with Crippen molar-refractivity contribution < 1.29 is 0 Å². The van der Waals surface area contributed by atoms with E-state index in [-0.39, 0.29) is 0 Å². The van der Waals surface area contributed by atoms with E-state index in [0.717, 1.165) is 30.4 Å². The molecule has 0 aliphatic heterocycles. The van der Waals surface area contributed by atoms with E-state index < -0.39 is 0 Å². The minimum Gasteiger partial charge on any atom is -0.370 e. The third kappa shape index (κ3) is 2.53. The Bertz CT molecular complexity index is 451. The lowest BCUT2D eigenvalue weighted by Crippen LogP contribution is -2.13. The van der Waals surface area contributed by atoms with Crippen molar-refractivity contribution in [1.82, 2.24) is 9.97 Å². The molecular weight excluding hydrogens is 236 g/mol. The van der Waals surface area contributed by atoms with Crippen LogP contribution in [0.25, 0.3) is 0 Å². The van der Waals surface area contributed by atoms with Gasteiger partial charge in [-0.15, -0.1) is 0 Å². The first-order chi connectivity index (χ1) is 8.79. The van der Waals surface area contributed by atoms with Crippen LogP contribution in [-0.4, -0.2) is 22.6 Å². The van der Waals surface area contributed by atoms with Crippen molar-refractivity contribution in [3.63, 3.8) is 0 Å². The Morgan fingerprint density at radius 1 is 1.11 bits per heavy atom. The summed E-state index contributed by atoms with van der Waals surface area (Å²) in [6.45, 7) is 14.2. The fraction of sp³-hybridized carbons (Fsp3) is 0.733. The molecule has 1 fully saturated rings. The number of nitrogens with zero attached hydrogens (tertiary/aromatic N) is 2. The van der Waals surface area contributed by atoms with E-state index in [1.54, 1.807) is 0 Å². The molecule has 1 aliphatic rings. The third-order valence-electron chi connectivity index (χ3n) is 4.71. The molecule has 19 heavy (non-hydrogen) atoms. The van der Waals surface area contributed by atoms with Gasteiger partial charge in [0, 0.05) is 18.7 Å². The first-order valence-corrected chi connectivity index (χ1v) is 7.15. The lowest BCUT2D eigenvalue weighted by molar-refractivity contribution is 0.457. The van der Waals surface area contributed by atoms with Gasteiger partial charge in [-0.3, -0.25) is 0 Å². The van der Waals surface area contributed by atoms with Crippen LogP contribution < -0.4 is 10.6 Å². The van der Waals surface area contributed by atoms with Crippen molar-refractivity contribution in [2.24, 2.45) is 10.8 Å². The molecule has 2 rings (SSSR count). The monoisotopic (exact) mass is 262 g/mol. The van der Waals surface area contributed by atoms with Gasteiger partial charge in [0.05, 0.1) is 0 Å². The Morgan fingerprint density at radius 2 is 1.68 bits per heavy atom. The molecule has 0 unspecified atom stereocenters. The highest BCUT2D eigenvalue weighted by atomic mass is 15.1. The predicted octanol–water partition coefficient (Wildman–Crippen LogP) is 3.45. The molecule has 0 radical (unpaired) electrons. The van der Waals surface area contributed by atoms with Crippen molar-refractivity contribution in [2.75, 3.05) is 17.2 Å². The van der Waals surface area contributed by atoms with Gasteiger partial charge in [0.1, 0.15) is 17.5 Å². The first-order valence-electron chi connectivity index (χ1n) is 7.15. The van der Waals surface area contributed by atoms with Gasteiger partial charge in [0.2, 0.25) is 0 Å². The van der Waals surface area contributed by atoms with Gasteiger partial charge >= 0.3 is 0 Å². The SMILES string of the molecule is CCCNc1cc(NC2C(C)(C)C2(C)C)nc(C)n1. The van der Waals surface area contributed by atoms with Crippen LogP contribution in [0.5, 0.6) is 0 Å². The van der Waals surface area contributed by atoms with E-state index in [0.29, 0.717) is 16.9 Å². The highest BCUT2D eigenvalue weighted by Gasteiger charge is 2.65. The molecule has 2 N–H and O–H groups in total. The Balaban J connectivity index is 2.11. The van der Waals surface area contributed by atoms with Crippen molar-refractivity contribution in [3.8, 4) is 0 Å². The second-order valence-electron chi connectivity index (χ2n) is 6.63. The number of hydrogen-bond acceptors (Lipinski definition) is 4. The number of hydrogen-bond donors (Lipinski definition) is 2. The number of nitrogens with one attached hydrogen (secondary N) is 2. The second kappa shape index (κ2) is 4.66. The summed E-state index contributed by atoms with van der Waals surface area (Å²) in [6, 6.07) is 2.47. The number of rotatable bonds is 5. The van der Waals surface area contributed by atoms with Gasteiger partial charge in [-0.1, -0.05) is 34.6 Å². The molecule has 1 aliphatic carbocycles. The summed E-state index contributed by atoms with van der Waals surface area (Å²) >= 11 is 0. The van der Waals surface area contributed by atoms with Crippen LogP contribution in [0.3, 0.4) is 0 Å². The maximum atomic E-state index is 4.49. The van der Waals surface area contributed by atoms with E-state index in [1.807, 2.05) is 13.0 Å². The fourth-order valence-electron chi connectivity index (χ4n) is 2.69. The zero-order valence-electron chi connectivity index (χ0n) is 13.0. The summed E-state index contributed by atoms with van der Waals surface area (Å²) < 4.78 is 0. The van der Waals surface area contributed by atoms with E-state index in [9.17, 15) is 0 Å². The standard InChI is InChI=1S/C15H26N4/c1-7-8-16-11-9-12(18-10(2)17-11)19-13-14(3,4)15(13,5)6/h9,13H,7-8H2,1-6H3,(H2,16,17,18,19). The van der Waals surface area contributed by atoms with Gasteiger partial charge in [0.25, 0.3) is 0 Å². The van der Waals surface area contributed by atoms with Crippen LogP contribution in [0.4, 0.5) is 11.6 Å².